The second kappa shape index (κ2) is 11.2. The molecular formula is C25H26N2O4S2. The standard InChI is InChI=1S/C25H26N2O4S2/c1-15(2)31-25(30)21-17(4)22(23(29)26-19-13-9-8-10-16(19)3)33-24(21)27-20(28)14-32-18-11-6-5-7-12-18/h5-13,15H,14H2,1-4H3,(H,26,29)(H,27,28). The Morgan fingerprint density at radius 3 is 2.30 bits per heavy atom. The minimum atomic E-state index is -0.570. The van der Waals surface area contributed by atoms with Crippen LogP contribution in [-0.2, 0) is 9.53 Å². The number of rotatable bonds is 8. The topological polar surface area (TPSA) is 84.5 Å². The molecule has 172 valence electrons. The van der Waals surface area contributed by atoms with Gasteiger partial charge in [0, 0.05) is 10.6 Å². The number of esters is 1. The molecule has 2 N–H and O–H groups in total. The van der Waals surface area contributed by atoms with Crippen molar-refractivity contribution in [3.63, 3.8) is 0 Å². The molecule has 0 spiro atoms. The van der Waals surface area contributed by atoms with Gasteiger partial charge < -0.3 is 15.4 Å². The SMILES string of the molecule is Cc1ccccc1NC(=O)c1sc(NC(=O)CSc2ccccc2)c(C(=O)OC(C)C)c1C. The highest BCUT2D eigenvalue weighted by molar-refractivity contribution is 8.00. The first-order valence-corrected chi connectivity index (χ1v) is 12.3. The van der Waals surface area contributed by atoms with Crippen LogP contribution < -0.4 is 10.6 Å². The molecule has 3 aromatic rings. The Bertz CT molecular complexity index is 1160. The Hall–Kier alpha value is -3.10. The van der Waals surface area contributed by atoms with Crippen molar-refractivity contribution in [3.05, 3.63) is 76.2 Å². The largest absolute Gasteiger partial charge is 0.459 e. The van der Waals surface area contributed by atoms with E-state index in [4.69, 9.17) is 4.74 Å². The van der Waals surface area contributed by atoms with E-state index in [9.17, 15) is 14.4 Å². The number of para-hydroxylation sites is 1. The summed E-state index contributed by atoms with van der Waals surface area (Å²) in [5.74, 6) is -1.01. The number of anilines is 2. The van der Waals surface area contributed by atoms with E-state index in [1.165, 1.54) is 11.8 Å². The van der Waals surface area contributed by atoms with Crippen molar-refractivity contribution in [1.29, 1.82) is 0 Å². The zero-order valence-electron chi connectivity index (χ0n) is 18.9. The first kappa shape index (κ1) is 24.5. The summed E-state index contributed by atoms with van der Waals surface area (Å²) in [6, 6.07) is 17.0. The quantitative estimate of drug-likeness (QED) is 0.308. The van der Waals surface area contributed by atoms with E-state index in [1.807, 2.05) is 61.5 Å². The Morgan fingerprint density at radius 2 is 1.64 bits per heavy atom. The first-order chi connectivity index (χ1) is 15.8. The van der Waals surface area contributed by atoms with Gasteiger partial charge in [0.25, 0.3) is 5.91 Å². The number of hydrogen-bond donors (Lipinski definition) is 2. The third-order valence-electron chi connectivity index (χ3n) is 4.66. The minimum absolute atomic E-state index is 0.171. The van der Waals surface area contributed by atoms with Crippen LogP contribution in [-0.4, -0.2) is 29.6 Å². The van der Waals surface area contributed by atoms with Crippen molar-refractivity contribution < 1.29 is 19.1 Å². The van der Waals surface area contributed by atoms with Crippen LogP contribution in [0.1, 0.15) is 45.0 Å². The smallest absolute Gasteiger partial charge is 0.341 e. The van der Waals surface area contributed by atoms with Gasteiger partial charge in [-0.05, 0) is 57.0 Å². The summed E-state index contributed by atoms with van der Waals surface area (Å²) < 4.78 is 5.38. The minimum Gasteiger partial charge on any atom is -0.459 e. The predicted molar refractivity (Wildman–Crippen MR) is 135 cm³/mol. The first-order valence-electron chi connectivity index (χ1n) is 10.4. The summed E-state index contributed by atoms with van der Waals surface area (Å²) in [4.78, 5) is 39.8. The van der Waals surface area contributed by atoms with Crippen LogP contribution in [0.5, 0.6) is 0 Å². The van der Waals surface area contributed by atoms with Crippen LogP contribution in [0.15, 0.2) is 59.5 Å². The Balaban J connectivity index is 1.84. The molecule has 3 rings (SSSR count). The van der Waals surface area contributed by atoms with E-state index in [0.29, 0.717) is 21.1 Å². The second-order valence-corrected chi connectivity index (χ2v) is 9.70. The molecule has 1 heterocycles. The van der Waals surface area contributed by atoms with Crippen molar-refractivity contribution in [1.82, 2.24) is 0 Å². The van der Waals surface area contributed by atoms with Crippen molar-refractivity contribution in [2.75, 3.05) is 16.4 Å². The number of benzene rings is 2. The molecule has 2 amide bonds. The lowest BCUT2D eigenvalue weighted by Gasteiger charge is -2.10. The molecule has 0 unspecified atom stereocenters. The molecule has 33 heavy (non-hydrogen) atoms. The van der Waals surface area contributed by atoms with Crippen molar-refractivity contribution in [2.45, 2.75) is 38.7 Å². The van der Waals surface area contributed by atoms with Gasteiger partial charge in [0.1, 0.15) is 5.00 Å². The number of amides is 2. The van der Waals surface area contributed by atoms with E-state index in [2.05, 4.69) is 10.6 Å². The second-order valence-electron chi connectivity index (χ2n) is 7.63. The summed E-state index contributed by atoms with van der Waals surface area (Å²) in [6.07, 6.45) is -0.335. The molecule has 0 atom stereocenters. The molecule has 0 aliphatic heterocycles. The molecule has 2 aromatic carbocycles. The fourth-order valence-electron chi connectivity index (χ4n) is 3.06. The number of nitrogens with one attached hydrogen (secondary N) is 2. The van der Waals surface area contributed by atoms with Gasteiger partial charge in [-0.2, -0.15) is 0 Å². The monoisotopic (exact) mass is 482 g/mol. The van der Waals surface area contributed by atoms with E-state index in [0.717, 1.165) is 21.8 Å². The number of ether oxygens (including phenoxy) is 1. The van der Waals surface area contributed by atoms with E-state index < -0.39 is 5.97 Å². The van der Waals surface area contributed by atoms with Gasteiger partial charge in [-0.3, -0.25) is 9.59 Å². The normalized spacial score (nSPS) is 10.7. The number of carbonyl (C=O) groups is 3. The van der Waals surface area contributed by atoms with Gasteiger partial charge in [0.15, 0.2) is 0 Å². The van der Waals surface area contributed by atoms with Crippen LogP contribution in [0, 0.1) is 13.8 Å². The highest BCUT2D eigenvalue weighted by Gasteiger charge is 2.27. The lowest BCUT2D eigenvalue weighted by Crippen LogP contribution is -2.18. The predicted octanol–water partition coefficient (Wildman–Crippen LogP) is 5.91. The highest BCUT2D eigenvalue weighted by Crippen LogP contribution is 2.35. The zero-order valence-corrected chi connectivity index (χ0v) is 20.6. The van der Waals surface area contributed by atoms with Gasteiger partial charge in [-0.1, -0.05) is 36.4 Å². The van der Waals surface area contributed by atoms with Gasteiger partial charge in [-0.15, -0.1) is 23.1 Å². The van der Waals surface area contributed by atoms with Gasteiger partial charge in [-0.25, -0.2) is 4.79 Å². The Kier molecular flexibility index (Phi) is 8.30. The van der Waals surface area contributed by atoms with E-state index in [-0.39, 0.29) is 29.2 Å². The van der Waals surface area contributed by atoms with Crippen LogP contribution in [0.4, 0.5) is 10.7 Å². The fraction of sp³-hybridized carbons (Fsp3) is 0.240. The molecule has 0 bridgehead atoms. The van der Waals surface area contributed by atoms with Crippen molar-refractivity contribution in [2.24, 2.45) is 0 Å². The summed E-state index contributed by atoms with van der Waals surface area (Å²) in [5.41, 5.74) is 2.29. The maximum Gasteiger partial charge on any atom is 0.341 e. The third-order valence-corrected chi connectivity index (χ3v) is 6.88. The molecule has 0 aliphatic carbocycles. The van der Waals surface area contributed by atoms with Gasteiger partial charge in [0.05, 0.1) is 22.3 Å². The number of hydrogen-bond acceptors (Lipinski definition) is 6. The van der Waals surface area contributed by atoms with Crippen molar-refractivity contribution in [3.8, 4) is 0 Å². The molecule has 1 aromatic heterocycles. The van der Waals surface area contributed by atoms with E-state index in [1.54, 1.807) is 20.8 Å². The zero-order chi connectivity index (χ0) is 24.0. The van der Waals surface area contributed by atoms with Crippen LogP contribution >= 0.6 is 23.1 Å². The van der Waals surface area contributed by atoms with E-state index >= 15 is 0 Å². The highest BCUT2D eigenvalue weighted by atomic mass is 32.2. The average molecular weight is 483 g/mol. The number of thiophene rings is 1. The maximum absolute atomic E-state index is 13.0. The van der Waals surface area contributed by atoms with Gasteiger partial charge >= 0.3 is 5.97 Å². The Labute approximate surface area is 201 Å². The summed E-state index contributed by atoms with van der Waals surface area (Å²) in [6.45, 7) is 7.09. The number of aryl methyl sites for hydroxylation is 1. The van der Waals surface area contributed by atoms with Crippen molar-refractivity contribution >= 4 is 51.6 Å². The third kappa shape index (κ3) is 6.46. The lowest BCUT2D eigenvalue weighted by molar-refractivity contribution is -0.113. The molecular weight excluding hydrogens is 456 g/mol. The van der Waals surface area contributed by atoms with Gasteiger partial charge in [0.2, 0.25) is 5.91 Å². The molecule has 0 saturated carbocycles. The summed E-state index contributed by atoms with van der Waals surface area (Å²) >= 11 is 2.46. The Morgan fingerprint density at radius 1 is 0.970 bits per heavy atom. The molecule has 0 radical (unpaired) electrons. The summed E-state index contributed by atoms with van der Waals surface area (Å²) in [5, 5.41) is 6.01. The average Bonchev–Trinajstić information content (AvgIpc) is 3.10. The summed E-state index contributed by atoms with van der Waals surface area (Å²) in [7, 11) is 0. The fourth-order valence-corrected chi connectivity index (χ4v) is 4.88. The molecule has 8 heteroatoms. The van der Waals surface area contributed by atoms with Crippen LogP contribution in [0.3, 0.4) is 0 Å². The van der Waals surface area contributed by atoms with Crippen LogP contribution in [0.25, 0.3) is 0 Å². The van der Waals surface area contributed by atoms with Crippen LogP contribution in [0.2, 0.25) is 0 Å². The molecule has 0 fully saturated rings. The number of carbonyl (C=O) groups excluding carboxylic acids is 3. The number of thioether (sulfide) groups is 1. The molecule has 6 nitrogen and oxygen atoms in total. The molecule has 0 saturated heterocycles. The molecule has 0 aliphatic rings. The maximum atomic E-state index is 13.0. The lowest BCUT2D eigenvalue weighted by atomic mass is 10.1.